The molecular weight excluding hydrogens is 343 g/mol. The lowest BCUT2D eigenvalue weighted by Crippen LogP contribution is -2.46. The van der Waals surface area contributed by atoms with Gasteiger partial charge in [-0.1, -0.05) is 6.07 Å². The van der Waals surface area contributed by atoms with Gasteiger partial charge in [-0.05, 0) is 61.6 Å². The van der Waals surface area contributed by atoms with Gasteiger partial charge in [-0.3, -0.25) is 9.59 Å². The molecule has 1 unspecified atom stereocenters. The topological polar surface area (TPSA) is 58.2 Å². The van der Waals surface area contributed by atoms with E-state index in [1.165, 1.54) is 0 Å². The Morgan fingerprint density at radius 3 is 2.39 bits per heavy atom. The summed E-state index contributed by atoms with van der Waals surface area (Å²) < 4.78 is 0.986. The van der Waals surface area contributed by atoms with Crippen LogP contribution in [0.4, 0.5) is 0 Å². The molecular formula is C13H17IN2O2. The molecule has 0 saturated carbocycles. The van der Waals surface area contributed by atoms with Crippen LogP contribution in [0, 0.1) is 3.57 Å². The number of amides is 2. The number of hydrogen-bond donors (Lipinski definition) is 2. The van der Waals surface area contributed by atoms with Crippen LogP contribution in [0.15, 0.2) is 24.3 Å². The fourth-order valence-corrected chi connectivity index (χ4v) is 1.93. The minimum Gasteiger partial charge on any atom is -0.352 e. The van der Waals surface area contributed by atoms with Crippen molar-refractivity contribution in [3.05, 3.63) is 33.4 Å². The van der Waals surface area contributed by atoms with Gasteiger partial charge in [0.05, 0.1) is 0 Å². The summed E-state index contributed by atoms with van der Waals surface area (Å²) >= 11 is 2.14. The molecule has 2 amide bonds. The average molecular weight is 360 g/mol. The van der Waals surface area contributed by atoms with E-state index in [1.807, 2.05) is 26.0 Å². The van der Waals surface area contributed by atoms with Gasteiger partial charge in [0, 0.05) is 15.2 Å². The number of benzene rings is 1. The zero-order valence-electron chi connectivity index (χ0n) is 10.7. The third-order valence-electron chi connectivity index (χ3n) is 2.26. The lowest BCUT2D eigenvalue weighted by molar-refractivity contribution is -0.123. The number of halogens is 1. The Hall–Kier alpha value is -1.11. The van der Waals surface area contributed by atoms with Crippen LogP contribution >= 0.6 is 22.6 Å². The molecule has 0 fully saturated rings. The molecule has 0 radical (unpaired) electrons. The number of nitrogens with one attached hydrogen (secondary N) is 2. The third kappa shape index (κ3) is 4.64. The molecule has 0 aliphatic carbocycles. The van der Waals surface area contributed by atoms with Gasteiger partial charge in [-0.2, -0.15) is 0 Å². The fraction of sp³-hybridized carbons (Fsp3) is 0.385. The molecule has 0 bridgehead atoms. The first-order valence-corrected chi connectivity index (χ1v) is 6.85. The van der Waals surface area contributed by atoms with Crippen molar-refractivity contribution in [3.63, 3.8) is 0 Å². The van der Waals surface area contributed by atoms with E-state index in [0.29, 0.717) is 5.56 Å². The maximum atomic E-state index is 11.9. The summed E-state index contributed by atoms with van der Waals surface area (Å²) in [5, 5.41) is 5.43. The Morgan fingerprint density at radius 2 is 1.83 bits per heavy atom. The molecule has 0 aliphatic heterocycles. The van der Waals surface area contributed by atoms with Crippen LogP contribution in [0.2, 0.25) is 0 Å². The molecule has 1 rings (SSSR count). The van der Waals surface area contributed by atoms with Crippen LogP contribution in [0.5, 0.6) is 0 Å². The molecule has 98 valence electrons. The van der Waals surface area contributed by atoms with Crippen molar-refractivity contribution < 1.29 is 9.59 Å². The molecule has 1 atom stereocenters. The molecule has 0 aromatic heterocycles. The maximum absolute atomic E-state index is 11.9. The van der Waals surface area contributed by atoms with Gasteiger partial charge in [-0.15, -0.1) is 0 Å². The van der Waals surface area contributed by atoms with E-state index in [1.54, 1.807) is 19.1 Å². The second-order valence-corrected chi connectivity index (χ2v) is 5.61. The Bertz CT molecular complexity index is 446. The number of rotatable bonds is 4. The van der Waals surface area contributed by atoms with E-state index in [4.69, 9.17) is 0 Å². The van der Waals surface area contributed by atoms with Crippen molar-refractivity contribution in [1.29, 1.82) is 0 Å². The fourth-order valence-electron chi connectivity index (χ4n) is 1.38. The Kier molecular flexibility index (Phi) is 5.58. The summed E-state index contributed by atoms with van der Waals surface area (Å²) in [5.74, 6) is -0.413. The Labute approximate surface area is 121 Å². The summed E-state index contributed by atoms with van der Waals surface area (Å²) in [6.45, 7) is 5.43. The largest absolute Gasteiger partial charge is 0.352 e. The van der Waals surface area contributed by atoms with Crippen molar-refractivity contribution in [2.24, 2.45) is 0 Å². The summed E-state index contributed by atoms with van der Waals surface area (Å²) in [6, 6.07) is 6.75. The summed E-state index contributed by atoms with van der Waals surface area (Å²) in [4.78, 5) is 23.6. The predicted octanol–water partition coefficient (Wildman–Crippen LogP) is 1.93. The van der Waals surface area contributed by atoms with Crippen molar-refractivity contribution in [2.45, 2.75) is 32.9 Å². The van der Waals surface area contributed by atoms with E-state index >= 15 is 0 Å². The number of carbonyl (C=O) groups excluding carboxylic acids is 2. The second kappa shape index (κ2) is 6.72. The smallest absolute Gasteiger partial charge is 0.251 e. The molecule has 18 heavy (non-hydrogen) atoms. The van der Waals surface area contributed by atoms with Gasteiger partial charge in [0.2, 0.25) is 5.91 Å². The van der Waals surface area contributed by atoms with Gasteiger partial charge in [0.25, 0.3) is 5.91 Å². The highest BCUT2D eigenvalue weighted by Gasteiger charge is 2.16. The van der Waals surface area contributed by atoms with Crippen LogP contribution < -0.4 is 10.6 Å². The standard InChI is InChI=1S/C13H17IN2O2/c1-8(2)15-12(17)9(3)16-13(18)10-5-4-6-11(14)7-10/h4-9H,1-3H3,(H,15,17)(H,16,18). The Morgan fingerprint density at radius 1 is 1.17 bits per heavy atom. The highest BCUT2D eigenvalue weighted by molar-refractivity contribution is 14.1. The van der Waals surface area contributed by atoms with Gasteiger partial charge in [0.1, 0.15) is 6.04 Å². The molecule has 0 heterocycles. The lowest BCUT2D eigenvalue weighted by Gasteiger charge is -2.16. The van der Waals surface area contributed by atoms with E-state index in [9.17, 15) is 9.59 Å². The molecule has 2 N–H and O–H groups in total. The average Bonchev–Trinajstić information content (AvgIpc) is 2.27. The van der Waals surface area contributed by atoms with Crippen LogP contribution in [-0.4, -0.2) is 23.9 Å². The summed E-state index contributed by atoms with van der Waals surface area (Å²) in [5.41, 5.74) is 0.561. The highest BCUT2D eigenvalue weighted by atomic mass is 127. The first kappa shape index (κ1) is 14.9. The predicted molar refractivity (Wildman–Crippen MR) is 79.4 cm³/mol. The van der Waals surface area contributed by atoms with Crippen molar-refractivity contribution in [3.8, 4) is 0 Å². The van der Waals surface area contributed by atoms with Crippen molar-refractivity contribution in [1.82, 2.24) is 10.6 Å². The van der Waals surface area contributed by atoms with E-state index < -0.39 is 6.04 Å². The maximum Gasteiger partial charge on any atom is 0.251 e. The SMILES string of the molecule is CC(C)NC(=O)C(C)NC(=O)c1cccc(I)c1. The molecule has 0 spiro atoms. The quantitative estimate of drug-likeness (QED) is 0.807. The van der Waals surface area contributed by atoms with E-state index in [-0.39, 0.29) is 17.9 Å². The van der Waals surface area contributed by atoms with Crippen LogP contribution in [-0.2, 0) is 4.79 Å². The van der Waals surface area contributed by atoms with Gasteiger partial charge >= 0.3 is 0 Å². The zero-order chi connectivity index (χ0) is 13.7. The minimum atomic E-state index is -0.544. The summed E-state index contributed by atoms with van der Waals surface area (Å²) in [6.07, 6.45) is 0. The van der Waals surface area contributed by atoms with Crippen molar-refractivity contribution >= 4 is 34.4 Å². The Balaban J connectivity index is 2.62. The first-order valence-electron chi connectivity index (χ1n) is 5.77. The normalized spacial score (nSPS) is 12.1. The molecule has 1 aromatic rings. The van der Waals surface area contributed by atoms with E-state index in [2.05, 4.69) is 33.2 Å². The molecule has 0 aliphatic rings. The summed E-state index contributed by atoms with van der Waals surface area (Å²) in [7, 11) is 0. The minimum absolute atomic E-state index is 0.0644. The van der Waals surface area contributed by atoms with Gasteiger partial charge in [-0.25, -0.2) is 0 Å². The second-order valence-electron chi connectivity index (χ2n) is 4.37. The number of carbonyl (C=O) groups is 2. The molecule has 5 heteroatoms. The highest BCUT2D eigenvalue weighted by Crippen LogP contribution is 2.07. The van der Waals surface area contributed by atoms with Crippen LogP contribution in [0.1, 0.15) is 31.1 Å². The van der Waals surface area contributed by atoms with Crippen LogP contribution in [0.25, 0.3) is 0 Å². The zero-order valence-corrected chi connectivity index (χ0v) is 12.8. The first-order chi connectivity index (χ1) is 8.40. The molecule has 4 nitrogen and oxygen atoms in total. The molecule has 0 saturated heterocycles. The monoisotopic (exact) mass is 360 g/mol. The third-order valence-corrected chi connectivity index (χ3v) is 2.93. The lowest BCUT2D eigenvalue weighted by atomic mass is 10.2. The van der Waals surface area contributed by atoms with Crippen LogP contribution in [0.3, 0.4) is 0 Å². The van der Waals surface area contributed by atoms with Gasteiger partial charge in [0.15, 0.2) is 0 Å². The van der Waals surface area contributed by atoms with E-state index in [0.717, 1.165) is 3.57 Å². The van der Waals surface area contributed by atoms with Gasteiger partial charge < -0.3 is 10.6 Å². The van der Waals surface area contributed by atoms with Crippen molar-refractivity contribution in [2.75, 3.05) is 0 Å². The molecule has 1 aromatic carbocycles. The number of hydrogen-bond acceptors (Lipinski definition) is 2.